The quantitative estimate of drug-likeness (QED) is 0.587. The zero-order chi connectivity index (χ0) is 23.7. The van der Waals surface area contributed by atoms with E-state index in [9.17, 15) is 9.18 Å². The van der Waals surface area contributed by atoms with Crippen LogP contribution in [0.3, 0.4) is 0 Å². The maximum Gasteiger partial charge on any atom is 0.237 e. The molecule has 1 N–H and O–H groups in total. The molecular formula is C26H24FN5O2. The van der Waals surface area contributed by atoms with Gasteiger partial charge in [-0.2, -0.15) is 0 Å². The van der Waals surface area contributed by atoms with Crippen LogP contribution in [0, 0.1) is 5.82 Å². The molecule has 1 fully saturated rings. The third kappa shape index (κ3) is 3.97. The number of anilines is 1. The van der Waals surface area contributed by atoms with Crippen molar-refractivity contribution >= 4 is 28.7 Å². The molecule has 1 atom stereocenters. The molecule has 2 aliphatic rings. The van der Waals surface area contributed by atoms with E-state index in [0.717, 1.165) is 29.7 Å². The van der Waals surface area contributed by atoms with Gasteiger partial charge in [-0.25, -0.2) is 14.4 Å². The second-order valence-corrected chi connectivity index (χ2v) is 8.21. The lowest BCUT2D eigenvalue weighted by atomic mass is 9.93. The maximum atomic E-state index is 15.0. The fraction of sp³-hybridized carbons (Fsp3) is 0.231. The Hall–Kier alpha value is -3.91. The van der Waals surface area contributed by atoms with Crippen molar-refractivity contribution in [2.45, 2.75) is 12.8 Å². The van der Waals surface area contributed by atoms with Crippen LogP contribution >= 0.6 is 0 Å². The van der Waals surface area contributed by atoms with Gasteiger partial charge in [-0.1, -0.05) is 12.7 Å². The topological polar surface area (TPSA) is 79.7 Å². The van der Waals surface area contributed by atoms with E-state index < -0.39 is 11.7 Å². The van der Waals surface area contributed by atoms with Gasteiger partial charge in [0, 0.05) is 47.2 Å². The summed E-state index contributed by atoms with van der Waals surface area (Å²) in [5, 5.41) is 3.62. The number of nitrogens with one attached hydrogen (secondary N) is 1. The van der Waals surface area contributed by atoms with Crippen LogP contribution < -0.4 is 10.2 Å². The largest absolute Gasteiger partial charge is 0.378 e. The van der Waals surface area contributed by atoms with Gasteiger partial charge in [0.1, 0.15) is 18.1 Å². The molecule has 1 saturated heterocycles. The standard InChI is InChI=1S/C26H24FN5O2/c1-3-8-28-24-16(2)31-26(33)23(24)20-13-17(4-7-21(20)27)25-19-6-5-18(14-22(19)29-15-30-25)32-9-11-34-12-10-32/h3-8,13-15,23H,1,9-12H2,2H3,(H,31,33)/b28-8-. The minimum atomic E-state index is -0.850. The second kappa shape index (κ2) is 9.15. The lowest BCUT2D eigenvalue weighted by Gasteiger charge is -2.29. The summed E-state index contributed by atoms with van der Waals surface area (Å²) in [5.41, 5.74) is 4.57. The van der Waals surface area contributed by atoms with Crippen LogP contribution in [0.15, 0.2) is 71.8 Å². The summed E-state index contributed by atoms with van der Waals surface area (Å²) < 4.78 is 20.4. The van der Waals surface area contributed by atoms with Gasteiger partial charge in [0.15, 0.2) is 0 Å². The van der Waals surface area contributed by atoms with Gasteiger partial charge < -0.3 is 15.0 Å². The van der Waals surface area contributed by atoms with Crippen molar-refractivity contribution in [3.05, 3.63) is 78.2 Å². The number of aliphatic imine (C=N–C) groups is 1. The van der Waals surface area contributed by atoms with Crippen LogP contribution in [0.2, 0.25) is 0 Å². The fourth-order valence-electron chi connectivity index (χ4n) is 4.46. The minimum absolute atomic E-state index is 0.250. The highest BCUT2D eigenvalue weighted by Crippen LogP contribution is 2.37. The molecule has 2 aromatic carbocycles. The molecule has 0 aliphatic carbocycles. The highest BCUT2D eigenvalue weighted by Gasteiger charge is 2.35. The number of rotatable bonds is 5. The first-order valence-electron chi connectivity index (χ1n) is 11.1. The maximum absolute atomic E-state index is 15.0. The van der Waals surface area contributed by atoms with E-state index in [1.807, 2.05) is 18.2 Å². The van der Waals surface area contributed by atoms with Crippen LogP contribution in [0.25, 0.3) is 22.2 Å². The van der Waals surface area contributed by atoms with E-state index in [1.54, 1.807) is 19.1 Å². The summed E-state index contributed by atoms with van der Waals surface area (Å²) in [4.78, 5) is 28.3. The number of benzene rings is 2. The third-order valence-electron chi connectivity index (χ3n) is 6.13. The van der Waals surface area contributed by atoms with Gasteiger partial charge in [-0.05, 0) is 43.3 Å². The Kier molecular flexibility index (Phi) is 5.90. The molecule has 7 nitrogen and oxygen atoms in total. The number of amides is 1. The van der Waals surface area contributed by atoms with Crippen LogP contribution in [0.1, 0.15) is 18.4 Å². The third-order valence-corrected chi connectivity index (χ3v) is 6.13. The SMILES string of the molecule is C=C/C=N\C1=C(C)NC(=O)C1c1cc(-c2ncnc3cc(N4CCOCC4)ccc23)ccc1F. The molecule has 0 saturated carbocycles. The smallest absolute Gasteiger partial charge is 0.237 e. The highest BCUT2D eigenvalue weighted by molar-refractivity contribution is 5.95. The molecule has 5 rings (SSSR count). The molecular weight excluding hydrogens is 433 g/mol. The Morgan fingerprint density at radius 1 is 1.21 bits per heavy atom. The molecule has 1 unspecified atom stereocenters. The Morgan fingerprint density at radius 3 is 2.82 bits per heavy atom. The number of nitrogens with zero attached hydrogens (tertiary/aromatic N) is 4. The summed E-state index contributed by atoms with van der Waals surface area (Å²) in [6.07, 6.45) is 4.53. The average Bonchev–Trinajstić information content (AvgIpc) is 3.15. The second-order valence-electron chi connectivity index (χ2n) is 8.21. The van der Waals surface area contributed by atoms with Crippen molar-refractivity contribution in [1.82, 2.24) is 15.3 Å². The first kappa shape index (κ1) is 21.9. The number of hydrogen-bond acceptors (Lipinski definition) is 6. The van der Waals surface area contributed by atoms with Gasteiger partial charge in [-0.15, -0.1) is 0 Å². The fourth-order valence-corrected chi connectivity index (χ4v) is 4.46. The van der Waals surface area contributed by atoms with Crippen molar-refractivity contribution in [3.63, 3.8) is 0 Å². The summed E-state index contributed by atoms with van der Waals surface area (Å²) in [6, 6.07) is 10.8. The van der Waals surface area contributed by atoms with Gasteiger partial charge >= 0.3 is 0 Å². The number of halogens is 1. The Balaban J connectivity index is 1.57. The van der Waals surface area contributed by atoms with Crippen molar-refractivity contribution < 1.29 is 13.9 Å². The van der Waals surface area contributed by atoms with Crippen molar-refractivity contribution in [1.29, 1.82) is 0 Å². The van der Waals surface area contributed by atoms with Crippen molar-refractivity contribution in [2.75, 3.05) is 31.2 Å². The molecule has 3 aromatic rings. The molecule has 34 heavy (non-hydrogen) atoms. The van der Waals surface area contributed by atoms with Crippen LogP contribution in [-0.2, 0) is 9.53 Å². The van der Waals surface area contributed by atoms with E-state index in [2.05, 4.69) is 31.8 Å². The molecule has 1 aromatic heterocycles. The number of allylic oxidation sites excluding steroid dienone is 2. The first-order valence-corrected chi connectivity index (χ1v) is 11.1. The Labute approximate surface area is 196 Å². The lowest BCUT2D eigenvalue weighted by molar-refractivity contribution is -0.120. The van der Waals surface area contributed by atoms with Gasteiger partial charge in [0.25, 0.3) is 0 Å². The van der Waals surface area contributed by atoms with Gasteiger partial charge in [-0.3, -0.25) is 9.79 Å². The van der Waals surface area contributed by atoms with E-state index >= 15 is 0 Å². The average molecular weight is 458 g/mol. The Bertz CT molecular complexity index is 1340. The number of carbonyl (C=O) groups excluding carboxylic acids is 1. The summed E-state index contributed by atoms with van der Waals surface area (Å²) in [7, 11) is 0. The van der Waals surface area contributed by atoms with E-state index in [4.69, 9.17) is 4.74 Å². The predicted octanol–water partition coefficient (Wildman–Crippen LogP) is 3.97. The molecule has 0 spiro atoms. The summed E-state index contributed by atoms with van der Waals surface area (Å²) >= 11 is 0. The zero-order valence-corrected chi connectivity index (χ0v) is 18.8. The van der Waals surface area contributed by atoms with E-state index in [0.29, 0.717) is 35.9 Å². The summed E-state index contributed by atoms with van der Waals surface area (Å²) in [6.45, 7) is 8.44. The first-order chi connectivity index (χ1) is 16.6. The van der Waals surface area contributed by atoms with Crippen LogP contribution in [0.4, 0.5) is 10.1 Å². The van der Waals surface area contributed by atoms with Crippen LogP contribution in [-0.4, -0.2) is 48.4 Å². The molecule has 8 heteroatoms. The van der Waals surface area contributed by atoms with E-state index in [-0.39, 0.29) is 11.5 Å². The van der Waals surface area contributed by atoms with Gasteiger partial charge in [0.05, 0.1) is 30.1 Å². The molecule has 3 heterocycles. The lowest BCUT2D eigenvalue weighted by Crippen LogP contribution is -2.36. The number of carbonyl (C=O) groups is 1. The zero-order valence-electron chi connectivity index (χ0n) is 18.8. The number of fused-ring (bicyclic) bond motifs is 1. The Morgan fingerprint density at radius 2 is 2.03 bits per heavy atom. The molecule has 1 amide bonds. The predicted molar refractivity (Wildman–Crippen MR) is 130 cm³/mol. The monoisotopic (exact) mass is 457 g/mol. The van der Waals surface area contributed by atoms with Crippen LogP contribution in [0.5, 0.6) is 0 Å². The number of hydrogen-bond donors (Lipinski definition) is 1. The van der Waals surface area contributed by atoms with Gasteiger partial charge in [0.2, 0.25) is 5.91 Å². The number of aromatic nitrogens is 2. The molecule has 0 radical (unpaired) electrons. The van der Waals surface area contributed by atoms with Crippen molar-refractivity contribution in [2.24, 2.45) is 4.99 Å². The van der Waals surface area contributed by atoms with E-state index in [1.165, 1.54) is 24.7 Å². The summed E-state index contributed by atoms with van der Waals surface area (Å²) in [5.74, 6) is -1.64. The minimum Gasteiger partial charge on any atom is -0.378 e. The molecule has 172 valence electrons. The van der Waals surface area contributed by atoms with Crippen molar-refractivity contribution in [3.8, 4) is 11.3 Å². The number of ether oxygens (including phenoxy) is 1. The normalized spacial score (nSPS) is 18.7. The molecule has 0 bridgehead atoms. The highest BCUT2D eigenvalue weighted by atomic mass is 19.1. The molecule has 2 aliphatic heterocycles. The number of morpholine rings is 1.